The lowest BCUT2D eigenvalue weighted by Gasteiger charge is -2.29. The molecule has 0 bridgehead atoms. The van der Waals surface area contributed by atoms with Crippen LogP contribution in [-0.4, -0.2) is 93.7 Å². The van der Waals surface area contributed by atoms with E-state index in [-0.39, 0.29) is 0 Å². The standard InChI is InChI=1S/C23H40N6/c1-24-23(25-12-8-14-28-15-9-13-27(2)18-19-28)26-20-22(29-16-6-7-17-29)21-10-4-3-5-11-21/h3-5,10-11,22H,6-9,12-20H2,1-2H3,(H2,24,25,26). The summed E-state index contributed by atoms with van der Waals surface area (Å²) >= 11 is 0. The van der Waals surface area contributed by atoms with E-state index in [1.807, 2.05) is 7.05 Å². The molecule has 0 saturated carbocycles. The number of hydrogen-bond acceptors (Lipinski definition) is 4. The van der Waals surface area contributed by atoms with Crippen molar-refractivity contribution in [3.63, 3.8) is 0 Å². The number of benzene rings is 1. The first kappa shape index (κ1) is 22.1. The first-order chi connectivity index (χ1) is 14.3. The van der Waals surface area contributed by atoms with Gasteiger partial charge in [-0.25, -0.2) is 0 Å². The number of rotatable bonds is 8. The summed E-state index contributed by atoms with van der Waals surface area (Å²) in [4.78, 5) is 12.1. The molecule has 1 aromatic carbocycles. The zero-order chi connectivity index (χ0) is 20.3. The molecule has 2 N–H and O–H groups in total. The van der Waals surface area contributed by atoms with Crippen LogP contribution in [0.25, 0.3) is 0 Å². The minimum Gasteiger partial charge on any atom is -0.356 e. The van der Waals surface area contributed by atoms with Gasteiger partial charge in [-0.2, -0.15) is 0 Å². The largest absolute Gasteiger partial charge is 0.356 e. The summed E-state index contributed by atoms with van der Waals surface area (Å²) in [6.07, 6.45) is 5.05. The van der Waals surface area contributed by atoms with Gasteiger partial charge in [0.05, 0.1) is 6.04 Å². The fraction of sp³-hybridized carbons (Fsp3) is 0.696. The summed E-state index contributed by atoms with van der Waals surface area (Å²) in [5, 5.41) is 7.09. The third-order valence-electron chi connectivity index (χ3n) is 6.21. The lowest BCUT2D eigenvalue weighted by Crippen LogP contribution is -2.43. The predicted octanol–water partition coefficient (Wildman–Crippen LogP) is 2.02. The Morgan fingerprint density at radius 1 is 0.966 bits per heavy atom. The smallest absolute Gasteiger partial charge is 0.191 e. The molecule has 2 fully saturated rings. The number of nitrogens with one attached hydrogen (secondary N) is 2. The van der Waals surface area contributed by atoms with Gasteiger partial charge in [0.25, 0.3) is 0 Å². The quantitative estimate of drug-likeness (QED) is 0.397. The van der Waals surface area contributed by atoms with E-state index in [1.54, 1.807) is 0 Å². The lowest BCUT2D eigenvalue weighted by atomic mass is 10.1. The van der Waals surface area contributed by atoms with Crippen LogP contribution in [0.2, 0.25) is 0 Å². The molecule has 2 heterocycles. The van der Waals surface area contributed by atoms with Crippen LogP contribution in [0.4, 0.5) is 0 Å². The molecule has 0 amide bonds. The molecular weight excluding hydrogens is 360 g/mol. The second kappa shape index (κ2) is 12.2. The number of nitrogens with zero attached hydrogens (tertiary/aromatic N) is 4. The number of likely N-dealkylation sites (tertiary alicyclic amines) is 1. The average molecular weight is 401 g/mol. The van der Waals surface area contributed by atoms with Crippen molar-refractivity contribution in [2.24, 2.45) is 4.99 Å². The van der Waals surface area contributed by atoms with Crippen molar-refractivity contribution in [2.75, 3.05) is 73.0 Å². The minimum atomic E-state index is 0.409. The highest BCUT2D eigenvalue weighted by Gasteiger charge is 2.23. The van der Waals surface area contributed by atoms with E-state index in [0.717, 1.165) is 32.0 Å². The summed E-state index contributed by atoms with van der Waals surface area (Å²) < 4.78 is 0. The van der Waals surface area contributed by atoms with Crippen molar-refractivity contribution < 1.29 is 0 Å². The van der Waals surface area contributed by atoms with E-state index < -0.39 is 0 Å². The van der Waals surface area contributed by atoms with Gasteiger partial charge in [0.15, 0.2) is 5.96 Å². The summed E-state index contributed by atoms with van der Waals surface area (Å²) in [6.45, 7) is 10.2. The molecule has 1 unspecified atom stereocenters. The Bertz CT molecular complexity index is 599. The van der Waals surface area contributed by atoms with Crippen LogP contribution in [0, 0.1) is 0 Å². The van der Waals surface area contributed by atoms with E-state index >= 15 is 0 Å². The third kappa shape index (κ3) is 7.28. The summed E-state index contributed by atoms with van der Waals surface area (Å²) in [7, 11) is 4.10. The Hall–Kier alpha value is -1.63. The van der Waals surface area contributed by atoms with Crippen LogP contribution in [0.3, 0.4) is 0 Å². The van der Waals surface area contributed by atoms with Gasteiger partial charge in [0, 0.05) is 33.2 Å². The van der Waals surface area contributed by atoms with Gasteiger partial charge < -0.3 is 20.4 Å². The van der Waals surface area contributed by atoms with Crippen LogP contribution >= 0.6 is 0 Å². The van der Waals surface area contributed by atoms with Crippen LogP contribution in [0.5, 0.6) is 0 Å². The molecule has 0 aromatic heterocycles. The first-order valence-corrected chi connectivity index (χ1v) is 11.4. The number of guanidine groups is 1. The third-order valence-corrected chi connectivity index (χ3v) is 6.21. The van der Waals surface area contributed by atoms with Gasteiger partial charge in [-0.15, -0.1) is 0 Å². The molecule has 162 valence electrons. The fourth-order valence-corrected chi connectivity index (χ4v) is 4.43. The second-order valence-electron chi connectivity index (χ2n) is 8.40. The van der Waals surface area contributed by atoms with Crippen LogP contribution in [0.15, 0.2) is 35.3 Å². The maximum atomic E-state index is 4.45. The van der Waals surface area contributed by atoms with E-state index in [1.165, 1.54) is 64.1 Å². The fourth-order valence-electron chi connectivity index (χ4n) is 4.43. The monoisotopic (exact) mass is 400 g/mol. The molecule has 1 atom stereocenters. The molecule has 0 radical (unpaired) electrons. The predicted molar refractivity (Wildman–Crippen MR) is 123 cm³/mol. The van der Waals surface area contributed by atoms with Crippen molar-refractivity contribution in [3.8, 4) is 0 Å². The maximum Gasteiger partial charge on any atom is 0.191 e. The second-order valence-corrected chi connectivity index (χ2v) is 8.40. The highest BCUT2D eigenvalue weighted by atomic mass is 15.2. The lowest BCUT2D eigenvalue weighted by molar-refractivity contribution is 0.245. The summed E-state index contributed by atoms with van der Waals surface area (Å²) in [5.74, 6) is 0.917. The Balaban J connectivity index is 1.41. The van der Waals surface area contributed by atoms with Crippen LogP contribution in [-0.2, 0) is 0 Å². The highest BCUT2D eigenvalue weighted by Crippen LogP contribution is 2.24. The van der Waals surface area contributed by atoms with Gasteiger partial charge in [-0.1, -0.05) is 30.3 Å². The van der Waals surface area contributed by atoms with Crippen molar-refractivity contribution in [1.29, 1.82) is 0 Å². The van der Waals surface area contributed by atoms with Gasteiger partial charge >= 0.3 is 0 Å². The topological polar surface area (TPSA) is 46.1 Å². The average Bonchev–Trinajstić information content (AvgIpc) is 3.20. The van der Waals surface area contributed by atoms with Crippen molar-refractivity contribution in [2.45, 2.75) is 31.7 Å². The first-order valence-electron chi connectivity index (χ1n) is 11.4. The number of aliphatic imine (C=N–C) groups is 1. The van der Waals surface area contributed by atoms with E-state index in [2.05, 4.69) is 67.7 Å². The molecule has 6 nitrogen and oxygen atoms in total. The molecule has 2 saturated heterocycles. The molecule has 2 aliphatic rings. The zero-order valence-corrected chi connectivity index (χ0v) is 18.4. The molecular formula is C23H40N6. The van der Waals surface area contributed by atoms with E-state index in [4.69, 9.17) is 0 Å². The number of hydrogen-bond donors (Lipinski definition) is 2. The molecule has 0 spiro atoms. The Kier molecular flexibility index (Phi) is 9.25. The van der Waals surface area contributed by atoms with Gasteiger partial charge in [0.1, 0.15) is 0 Å². The Morgan fingerprint density at radius 3 is 2.52 bits per heavy atom. The van der Waals surface area contributed by atoms with Crippen molar-refractivity contribution in [3.05, 3.63) is 35.9 Å². The molecule has 3 rings (SSSR count). The summed E-state index contributed by atoms with van der Waals surface area (Å²) in [6, 6.07) is 11.3. The van der Waals surface area contributed by atoms with E-state index in [0.29, 0.717) is 6.04 Å². The maximum absolute atomic E-state index is 4.45. The SMILES string of the molecule is CN=C(NCCCN1CCCN(C)CC1)NCC(c1ccccc1)N1CCCC1. The number of likely N-dealkylation sites (N-methyl/N-ethyl adjacent to an activating group) is 1. The summed E-state index contributed by atoms with van der Waals surface area (Å²) in [5.41, 5.74) is 1.39. The van der Waals surface area contributed by atoms with Crippen molar-refractivity contribution in [1.82, 2.24) is 25.3 Å². The molecule has 2 aliphatic heterocycles. The van der Waals surface area contributed by atoms with Gasteiger partial charge in [-0.3, -0.25) is 9.89 Å². The molecule has 29 heavy (non-hydrogen) atoms. The molecule has 0 aliphatic carbocycles. The highest BCUT2D eigenvalue weighted by molar-refractivity contribution is 5.79. The van der Waals surface area contributed by atoms with Crippen LogP contribution < -0.4 is 10.6 Å². The van der Waals surface area contributed by atoms with Crippen LogP contribution in [0.1, 0.15) is 37.3 Å². The Labute approximate surface area is 177 Å². The van der Waals surface area contributed by atoms with Gasteiger partial charge in [0.2, 0.25) is 0 Å². The molecule has 6 heteroatoms. The van der Waals surface area contributed by atoms with Crippen molar-refractivity contribution >= 4 is 5.96 Å². The molecule has 1 aromatic rings. The Morgan fingerprint density at radius 2 is 1.76 bits per heavy atom. The zero-order valence-electron chi connectivity index (χ0n) is 18.4. The normalized spacial score (nSPS) is 21.1. The van der Waals surface area contributed by atoms with E-state index in [9.17, 15) is 0 Å². The van der Waals surface area contributed by atoms with Gasteiger partial charge in [-0.05, 0) is 71.0 Å². The minimum absolute atomic E-state index is 0.409.